The summed E-state index contributed by atoms with van der Waals surface area (Å²) in [6, 6.07) is -0.856. The van der Waals surface area contributed by atoms with Gasteiger partial charge >= 0.3 is 6.03 Å². The molecule has 1 aliphatic heterocycles. The van der Waals surface area contributed by atoms with E-state index in [0.717, 1.165) is 4.90 Å². The van der Waals surface area contributed by atoms with Crippen molar-refractivity contribution in [2.24, 2.45) is 0 Å². The highest BCUT2D eigenvalue weighted by Gasteiger charge is 2.42. The fourth-order valence-corrected chi connectivity index (χ4v) is 1.44. The number of nitrogens with one attached hydrogen (secondary N) is 1. The van der Waals surface area contributed by atoms with E-state index in [1.165, 1.54) is 11.8 Å². The van der Waals surface area contributed by atoms with Crippen LogP contribution >= 0.6 is 11.8 Å². The standard InChI is InChI=1S/C9H13FN2O3S/c1-9(2,16-3)4-12-7(14)5(10)6(13)11-8(12)15/h5H,4H2,1-3H3,(H,11,13,15). The minimum absolute atomic E-state index is 0.0620. The van der Waals surface area contributed by atoms with Gasteiger partial charge in [-0.15, -0.1) is 0 Å². The van der Waals surface area contributed by atoms with Gasteiger partial charge < -0.3 is 0 Å². The van der Waals surface area contributed by atoms with Crippen LogP contribution in [0.1, 0.15) is 13.8 Å². The van der Waals surface area contributed by atoms with E-state index in [4.69, 9.17) is 0 Å². The van der Waals surface area contributed by atoms with Gasteiger partial charge in [-0.25, -0.2) is 9.18 Å². The Kier molecular flexibility index (Phi) is 3.57. The maximum Gasteiger partial charge on any atom is 0.330 e. The molecule has 1 aliphatic rings. The smallest absolute Gasteiger partial charge is 0.275 e. The number of nitrogens with zero attached hydrogens (tertiary/aromatic N) is 1. The summed E-state index contributed by atoms with van der Waals surface area (Å²) in [4.78, 5) is 34.3. The molecule has 16 heavy (non-hydrogen) atoms. The third-order valence-electron chi connectivity index (χ3n) is 2.28. The molecule has 0 aliphatic carbocycles. The molecule has 1 N–H and O–H groups in total. The minimum Gasteiger partial charge on any atom is -0.275 e. The van der Waals surface area contributed by atoms with E-state index in [9.17, 15) is 18.8 Å². The summed E-state index contributed by atoms with van der Waals surface area (Å²) in [6.45, 7) is 3.70. The number of carbonyl (C=O) groups excluding carboxylic acids is 3. The van der Waals surface area contributed by atoms with Gasteiger partial charge in [0, 0.05) is 11.3 Å². The number of thioether (sulfide) groups is 1. The molecule has 0 bridgehead atoms. The van der Waals surface area contributed by atoms with Crippen molar-refractivity contribution in [3.05, 3.63) is 0 Å². The lowest BCUT2D eigenvalue weighted by molar-refractivity contribution is -0.144. The number of imide groups is 2. The molecule has 0 aromatic carbocycles. The Morgan fingerprint density at radius 2 is 2.00 bits per heavy atom. The molecule has 1 atom stereocenters. The average Bonchev–Trinajstić information content (AvgIpc) is 2.21. The zero-order valence-electron chi connectivity index (χ0n) is 9.24. The number of hydrogen-bond acceptors (Lipinski definition) is 4. The molecule has 1 saturated heterocycles. The summed E-state index contributed by atoms with van der Waals surface area (Å²) in [6.07, 6.45) is -0.458. The van der Waals surface area contributed by atoms with E-state index in [-0.39, 0.29) is 11.3 Å². The lowest BCUT2D eigenvalue weighted by atomic mass is 10.1. The van der Waals surface area contributed by atoms with Crippen molar-refractivity contribution < 1.29 is 18.8 Å². The van der Waals surface area contributed by atoms with Gasteiger partial charge in [-0.1, -0.05) is 0 Å². The molecule has 0 radical (unpaired) electrons. The first-order chi connectivity index (χ1) is 7.28. The van der Waals surface area contributed by atoms with E-state index >= 15 is 0 Å². The van der Waals surface area contributed by atoms with E-state index in [1.807, 2.05) is 20.1 Å². The van der Waals surface area contributed by atoms with Crippen LogP contribution in [-0.4, -0.2) is 46.5 Å². The summed E-state index contributed by atoms with van der Waals surface area (Å²) >= 11 is 1.45. The number of amides is 4. The SMILES string of the molecule is CSC(C)(C)CN1C(=O)NC(=O)C(F)C1=O. The zero-order valence-corrected chi connectivity index (χ0v) is 10.1. The number of barbiturate groups is 1. The molecule has 1 unspecified atom stereocenters. The molecular weight excluding hydrogens is 235 g/mol. The van der Waals surface area contributed by atoms with E-state index in [2.05, 4.69) is 0 Å². The summed E-state index contributed by atoms with van der Waals surface area (Å²) in [5.74, 6) is -2.27. The van der Waals surface area contributed by atoms with Crippen LogP contribution in [0, 0.1) is 0 Å². The van der Waals surface area contributed by atoms with Crippen molar-refractivity contribution in [3.8, 4) is 0 Å². The molecule has 90 valence electrons. The number of urea groups is 1. The second-order valence-corrected chi connectivity index (χ2v) is 5.56. The van der Waals surface area contributed by atoms with Crippen LogP contribution in [0.2, 0.25) is 0 Å². The van der Waals surface area contributed by atoms with Crippen molar-refractivity contribution in [1.29, 1.82) is 0 Å². The van der Waals surface area contributed by atoms with Gasteiger partial charge in [0.25, 0.3) is 18.0 Å². The van der Waals surface area contributed by atoms with Crippen molar-refractivity contribution in [2.45, 2.75) is 24.8 Å². The molecule has 0 saturated carbocycles. The first-order valence-corrected chi connectivity index (χ1v) is 5.86. The number of alkyl halides is 1. The van der Waals surface area contributed by atoms with E-state index in [1.54, 1.807) is 5.32 Å². The topological polar surface area (TPSA) is 66.5 Å². The number of halogens is 1. The second kappa shape index (κ2) is 4.40. The molecule has 1 fully saturated rings. The molecular formula is C9H13FN2O3S. The molecule has 4 amide bonds. The molecule has 0 aromatic rings. The number of hydrogen-bond donors (Lipinski definition) is 1. The third-order valence-corrected chi connectivity index (χ3v) is 3.51. The summed E-state index contributed by atoms with van der Waals surface area (Å²) in [7, 11) is 0. The van der Waals surface area contributed by atoms with Crippen LogP contribution < -0.4 is 5.32 Å². The van der Waals surface area contributed by atoms with Crippen LogP contribution in [0.3, 0.4) is 0 Å². The van der Waals surface area contributed by atoms with Crippen LogP contribution in [0.15, 0.2) is 0 Å². The van der Waals surface area contributed by atoms with E-state index in [0.29, 0.717) is 0 Å². The van der Waals surface area contributed by atoms with Gasteiger partial charge in [0.2, 0.25) is 0 Å². The highest BCUT2D eigenvalue weighted by molar-refractivity contribution is 7.99. The predicted octanol–water partition coefficient (Wildman–Crippen LogP) is 0.544. The van der Waals surface area contributed by atoms with Crippen LogP contribution in [0.4, 0.5) is 9.18 Å². The van der Waals surface area contributed by atoms with E-state index < -0.39 is 24.0 Å². The highest BCUT2D eigenvalue weighted by atomic mass is 32.2. The maximum absolute atomic E-state index is 13.1. The largest absolute Gasteiger partial charge is 0.330 e. The van der Waals surface area contributed by atoms with Crippen LogP contribution in [-0.2, 0) is 9.59 Å². The molecule has 0 aromatic heterocycles. The Balaban J connectivity index is 2.84. The lowest BCUT2D eigenvalue weighted by Crippen LogP contribution is -2.61. The lowest BCUT2D eigenvalue weighted by Gasteiger charge is -2.32. The van der Waals surface area contributed by atoms with Crippen molar-refractivity contribution in [1.82, 2.24) is 10.2 Å². The minimum atomic E-state index is -2.28. The van der Waals surface area contributed by atoms with Crippen LogP contribution in [0.5, 0.6) is 0 Å². The molecule has 1 heterocycles. The quantitative estimate of drug-likeness (QED) is 0.740. The molecule has 7 heteroatoms. The first-order valence-electron chi connectivity index (χ1n) is 4.64. The highest BCUT2D eigenvalue weighted by Crippen LogP contribution is 2.23. The second-order valence-electron chi connectivity index (χ2n) is 4.05. The predicted molar refractivity (Wildman–Crippen MR) is 57.7 cm³/mol. The summed E-state index contributed by atoms with van der Waals surface area (Å²) in [5.41, 5.74) is 0. The van der Waals surface area contributed by atoms with Gasteiger partial charge in [0.15, 0.2) is 0 Å². The normalized spacial score (nSPS) is 22.4. The summed E-state index contributed by atoms with van der Waals surface area (Å²) < 4.78 is 12.7. The zero-order chi connectivity index (χ0) is 12.5. The Morgan fingerprint density at radius 1 is 1.44 bits per heavy atom. The monoisotopic (exact) mass is 248 g/mol. The third kappa shape index (κ3) is 2.52. The average molecular weight is 248 g/mol. The van der Waals surface area contributed by atoms with Crippen molar-refractivity contribution in [3.63, 3.8) is 0 Å². The Labute approximate surface area is 96.7 Å². The number of carbonyl (C=O) groups is 3. The Morgan fingerprint density at radius 3 is 2.50 bits per heavy atom. The van der Waals surface area contributed by atoms with Crippen molar-refractivity contribution in [2.75, 3.05) is 12.8 Å². The van der Waals surface area contributed by atoms with Gasteiger partial charge in [-0.3, -0.25) is 19.8 Å². The fourth-order valence-electron chi connectivity index (χ4n) is 1.18. The van der Waals surface area contributed by atoms with Crippen molar-refractivity contribution >= 4 is 29.6 Å². The Hall–Kier alpha value is -1.11. The van der Waals surface area contributed by atoms with Gasteiger partial charge in [0.05, 0.1) is 0 Å². The Bertz CT molecular complexity index is 346. The molecule has 0 spiro atoms. The summed E-state index contributed by atoms with van der Waals surface area (Å²) in [5, 5.41) is 1.80. The van der Waals surface area contributed by atoms with Gasteiger partial charge in [-0.2, -0.15) is 11.8 Å². The maximum atomic E-state index is 13.1. The molecule has 1 rings (SSSR count). The molecule has 5 nitrogen and oxygen atoms in total. The number of rotatable bonds is 3. The van der Waals surface area contributed by atoms with Gasteiger partial charge in [0.1, 0.15) is 0 Å². The van der Waals surface area contributed by atoms with Crippen LogP contribution in [0.25, 0.3) is 0 Å². The fraction of sp³-hybridized carbons (Fsp3) is 0.667. The van der Waals surface area contributed by atoms with Gasteiger partial charge in [-0.05, 0) is 20.1 Å². The first kappa shape index (κ1) is 13.0.